The van der Waals surface area contributed by atoms with E-state index in [2.05, 4.69) is 5.32 Å². The number of nitrogens with one attached hydrogen (secondary N) is 1. The van der Waals surface area contributed by atoms with Gasteiger partial charge in [-0.2, -0.15) is 0 Å². The fraction of sp³-hybridized carbons (Fsp3) is 0.467. The van der Waals surface area contributed by atoms with Crippen molar-refractivity contribution in [1.82, 2.24) is 10.2 Å². The lowest BCUT2D eigenvalue weighted by Gasteiger charge is -2.34. The van der Waals surface area contributed by atoms with Gasteiger partial charge in [0.1, 0.15) is 6.04 Å². The highest BCUT2D eigenvalue weighted by Crippen LogP contribution is 2.19. The van der Waals surface area contributed by atoms with Crippen LogP contribution in [0, 0.1) is 0 Å². The van der Waals surface area contributed by atoms with Crippen molar-refractivity contribution < 1.29 is 9.59 Å². The molecule has 0 saturated carbocycles. The number of hydrogen-bond acceptors (Lipinski definition) is 3. The summed E-state index contributed by atoms with van der Waals surface area (Å²) in [5.41, 5.74) is 0. The van der Waals surface area contributed by atoms with Crippen LogP contribution in [-0.4, -0.2) is 41.6 Å². The van der Waals surface area contributed by atoms with Gasteiger partial charge in [-0.1, -0.05) is 25.1 Å². The molecule has 2 amide bonds. The lowest BCUT2D eigenvalue weighted by molar-refractivity contribution is -0.143. The zero-order valence-electron chi connectivity index (χ0n) is 11.7. The Morgan fingerprint density at radius 2 is 2.15 bits per heavy atom. The molecule has 1 unspecified atom stereocenters. The van der Waals surface area contributed by atoms with Crippen LogP contribution in [0.3, 0.4) is 0 Å². The van der Waals surface area contributed by atoms with Crippen molar-refractivity contribution in [3.63, 3.8) is 0 Å². The van der Waals surface area contributed by atoms with Crippen LogP contribution in [0.15, 0.2) is 35.2 Å². The van der Waals surface area contributed by atoms with E-state index < -0.39 is 0 Å². The lowest BCUT2D eigenvalue weighted by atomic mass is 10.1. The van der Waals surface area contributed by atoms with Gasteiger partial charge >= 0.3 is 0 Å². The minimum absolute atomic E-state index is 0.0252. The number of amides is 2. The number of carbonyl (C=O) groups excluding carboxylic acids is 2. The minimum atomic E-state index is -0.294. The van der Waals surface area contributed by atoms with Crippen LogP contribution in [-0.2, 0) is 9.59 Å². The van der Waals surface area contributed by atoms with Gasteiger partial charge in [-0.15, -0.1) is 11.8 Å². The quantitative estimate of drug-likeness (QED) is 0.843. The zero-order valence-corrected chi connectivity index (χ0v) is 12.5. The summed E-state index contributed by atoms with van der Waals surface area (Å²) in [5.74, 6) is 0.801. The highest BCUT2D eigenvalue weighted by Gasteiger charge is 2.30. The number of carbonyl (C=O) groups is 2. The van der Waals surface area contributed by atoms with Gasteiger partial charge in [0.2, 0.25) is 11.8 Å². The van der Waals surface area contributed by atoms with E-state index >= 15 is 0 Å². The number of benzene rings is 1. The molecule has 1 aliphatic heterocycles. The van der Waals surface area contributed by atoms with Crippen LogP contribution in [0.4, 0.5) is 0 Å². The Balaban J connectivity index is 1.83. The van der Waals surface area contributed by atoms with Crippen LogP contribution >= 0.6 is 11.8 Å². The third-order valence-electron chi connectivity index (χ3n) is 3.37. The second kappa shape index (κ2) is 7.33. The molecule has 1 saturated heterocycles. The molecule has 2 rings (SSSR count). The molecule has 1 heterocycles. The van der Waals surface area contributed by atoms with Gasteiger partial charge < -0.3 is 10.2 Å². The first-order valence-corrected chi connectivity index (χ1v) is 7.96. The minimum Gasteiger partial charge on any atom is -0.353 e. The van der Waals surface area contributed by atoms with Gasteiger partial charge in [0.15, 0.2) is 0 Å². The van der Waals surface area contributed by atoms with E-state index in [4.69, 9.17) is 0 Å². The van der Waals surface area contributed by atoms with E-state index in [0.29, 0.717) is 25.9 Å². The van der Waals surface area contributed by atoms with E-state index in [1.807, 2.05) is 37.3 Å². The average molecular weight is 292 g/mol. The second-order valence-corrected chi connectivity index (χ2v) is 5.88. The summed E-state index contributed by atoms with van der Waals surface area (Å²) in [5, 5.41) is 2.81. The summed E-state index contributed by atoms with van der Waals surface area (Å²) in [4.78, 5) is 26.9. The monoisotopic (exact) mass is 292 g/mol. The maximum absolute atomic E-state index is 12.2. The van der Waals surface area contributed by atoms with Gasteiger partial charge in [-0.3, -0.25) is 9.59 Å². The maximum Gasteiger partial charge on any atom is 0.242 e. The standard InChI is InChI=1S/C15H20N2O2S/c1-2-13-15(19)16-9-10-17(13)14(18)8-11-20-12-6-4-3-5-7-12/h3-7,13H,2,8-11H2,1H3,(H,16,19). The number of piperazine rings is 1. The lowest BCUT2D eigenvalue weighted by Crippen LogP contribution is -2.56. The number of thioether (sulfide) groups is 1. The molecule has 4 nitrogen and oxygen atoms in total. The number of rotatable bonds is 5. The van der Waals surface area contributed by atoms with Crippen molar-refractivity contribution in [2.45, 2.75) is 30.7 Å². The van der Waals surface area contributed by atoms with Crippen LogP contribution in [0.25, 0.3) is 0 Å². The first-order chi connectivity index (χ1) is 9.72. The van der Waals surface area contributed by atoms with Crippen molar-refractivity contribution in [2.75, 3.05) is 18.8 Å². The van der Waals surface area contributed by atoms with Gasteiger partial charge in [-0.25, -0.2) is 0 Å². The fourth-order valence-corrected chi connectivity index (χ4v) is 3.20. The summed E-state index contributed by atoms with van der Waals surface area (Å²) in [6, 6.07) is 9.75. The highest BCUT2D eigenvalue weighted by atomic mass is 32.2. The third-order valence-corrected chi connectivity index (χ3v) is 4.38. The molecule has 0 spiro atoms. The van der Waals surface area contributed by atoms with Crippen molar-refractivity contribution in [3.8, 4) is 0 Å². The van der Waals surface area contributed by atoms with Crippen LogP contribution < -0.4 is 5.32 Å². The molecule has 20 heavy (non-hydrogen) atoms. The molecule has 1 atom stereocenters. The predicted molar refractivity (Wildman–Crippen MR) is 80.6 cm³/mol. The molecule has 0 aliphatic carbocycles. The first kappa shape index (κ1) is 14.9. The summed E-state index contributed by atoms with van der Waals surface area (Å²) in [6.45, 7) is 3.13. The van der Waals surface area contributed by atoms with Crippen molar-refractivity contribution in [3.05, 3.63) is 30.3 Å². The van der Waals surface area contributed by atoms with Gasteiger partial charge in [0, 0.05) is 30.2 Å². The Labute approximate surface area is 123 Å². The number of hydrogen-bond donors (Lipinski definition) is 1. The fourth-order valence-electron chi connectivity index (χ4n) is 2.34. The smallest absolute Gasteiger partial charge is 0.242 e. The van der Waals surface area contributed by atoms with Crippen LogP contribution in [0.2, 0.25) is 0 Å². The SMILES string of the molecule is CCC1C(=O)NCCN1C(=O)CCSc1ccccc1. The molecule has 0 radical (unpaired) electrons. The Morgan fingerprint density at radius 3 is 2.85 bits per heavy atom. The van der Waals surface area contributed by atoms with Gasteiger partial charge in [0.05, 0.1) is 0 Å². The Kier molecular flexibility index (Phi) is 5.47. The molecule has 0 bridgehead atoms. The molecule has 5 heteroatoms. The zero-order chi connectivity index (χ0) is 14.4. The topological polar surface area (TPSA) is 49.4 Å². The highest BCUT2D eigenvalue weighted by molar-refractivity contribution is 7.99. The van der Waals surface area contributed by atoms with Crippen molar-refractivity contribution in [1.29, 1.82) is 0 Å². The third kappa shape index (κ3) is 3.76. The molecule has 1 aromatic rings. The molecule has 1 N–H and O–H groups in total. The van der Waals surface area contributed by atoms with E-state index in [0.717, 1.165) is 5.75 Å². The molecular formula is C15H20N2O2S. The summed E-state index contributed by atoms with van der Waals surface area (Å²) in [6.07, 6.45) is 1.15. The normalized spacial score (nSPS) is 18.8. The molecular weight excluding hydrogens is 272 g/mol. The predicted octanol–water partition coefficient (Wildman–Crippen LogP) is 1.91. The molecule has 0 aromatic heterocycles. The Morgan fingerprint density at radius 1 is 1.40 bits per heavy atom. The molecule has 1 aliphatic rings. The van der Waals surface area contributed by atoms with E-state index in [1.165, 1.54) is 4.90 Å². The second-order valence-electron chi connectivity index (χ2n) is 4.71. The van der Waals surface area contributed by atoms with Gasteiger partial charge in [-0.05, 0) is 18.6 Å². The maximum atomic E-state index is 12.2. The van der Waals surface area contributed by atoms with Crippen molar-refractivity contribution >= 4 is 23.6 Å². The first-order valence-electron chi connectivity index (χ1n) is 6.97. The van der Waals surface area contributed by atoms with Crippen LogP contribution in [0.5, 0.6) is 0 Å². The number of nitrogens with zero attached hydrogens (tertiary/aromatic N) is 1. The van der Waals surface area contributed by atoms with Crippen molar-refractivity contribution in [2.24, 2.45) is 0 Å². The van der Waals surface area contributed by atoms with Crippen LogP contribution in [0.1, 0.15) is 19.8 Å². The summed E-state index contributed by atoms with van der Waals surface area (Å²) in [7, 11) is 0. The van der Waals surface area contributed by atoms with E-state index in [9.17, 15) is 9.59 Å². The molecule has 1 aromatic carbocycles. The summed E-state index contributed by atoms with van der Waals surface area (Å²) < 4.78 is 0. The van der Waals surface area contributed by atoms with E-state index in [-0.39, 0.29) is 17.9 Å². The molecule has 1 fully saturated rings. The summed E-state index contributed by atoms with van der Waals surface area (Å²) >= 11 is 1.67. The molecule has 108 valence electrons. The largest absolute Gasteiger partial charge is 0.353 e. The average Bonchev–Trinajstić information content (AvgIpc) is 2.48. The van der Waals surface area contributed by atoms with E-state index in [1.54, 1.807) is 16.7 Å². The Bertz CT molecular complexity index is 464. The Hall–Kier alpha value is -1.49. The van der Waals surface area contributed by atoms with Gasteiger partial charge in [0.25, 0.3) is 0 Å².